The minimum absolute atomic E-state index is 0.0819. The number of hydrogen-bond acceptors (Lipinski definition) is 3. The van der Waals surface area contributed by atoms with Gasteiger partial charge in [-0.1, -0.05) is 71.5 Å². The number of amides is 1. The molecule has 0 fully saturated rings. The lowest BCUT2D eigenvalue weighted by Gasteiger charge is -2.06. The number of thiazole rings is 1. The topological polar surface area (TPSA) is 42.0 Å². The van der Waals surface area contributed by atoms with Crippen molar-refractivity contribution in [1.29, 1.82) is 0 Å². The van der Waals surface area contributed by atoms with E-state index in [0.29, 0.717) is 16.6 Å². The lowest BCUT2D eigenvalue weighted by Crippen LogP contribution is -2.14. The number of carbonyl (C=O) groups excluding carboxylic acids is 1. The van der Waals surface area contributed by atoms with Crippen molar-refractivity contribution in [2.45, 2.75) is 6.42 Å². The summed E-state index contributed by atoms with van der Waals surface area (Å²) in [5.74, 6) is -0.0819. The third kappa shape index (κ3) is 2.86. The van der Waals surface area contributed by atoms with Crippen molar-refractivity contribution in [2.75, 3.05) is 5.32 Å². The zero-order valence-electron chi connectivity index (χ0n) is 12.6. The molecule has 0 radical (unpaired) electrons. The number of benzene rings is 3. The van der Waals surface area contributed by atoms with Crippen LogP contribution in [0.3, 0.4) is 0 Å². The molecule has 0 saturated carbocycles. The molecule has 1 N–H and O–H groups in total. The first-order valence-electron chi connectivity index (χ1n) is 7.52. The van der Waals surface area contributed by atoms with E-state index in [9.17, 15) is 4.79 Å². The van der Waals surface area contributed by atoms with Crippen molar-refractivity contribution in [2.24, 2.45) is 0 Å². The van der Waals surface area contributed by atoms with E-state index in [1.165, 1.54) is 11.3 Å². The second-order valence-corrected chi connectivity index (χ2v) is 6.91. The van der Waals surface area contributed by atoms with Crippen molar-refractivity contribution in [1.82, 2.24) is 4.98 Å². The molecule has 0 bridgehead atoms. The summed E-state index contributed by atoms with van der Waals surface area (Å²) in [5, 5.41) is 6.28. The Bertz CT molecular complexity index is 1050. The second kappa shape index (κ2) is 6.23. The van der Waals surface area contributed by atoms with Gasteiger partial charge in [0.15, 0.2) is 5.13 Å². The lowest BCUT2D eigenvalue weighted by atomic mass is 10.0. The monoisotopic (exact) mass is 352 g/mol. The van der Waals surface area contributed by atoms with Gasteiger partial charge >= 0.3 is 0 Å². The van der Waals surface area contributed by atoms with E-state index in [1.54, 1.807) is 6.07 Å². The number of fused-ring (bicyclic) bond motifs is 2. The number of nitrogens with zero attached hydrogens (tertiary/aromatic N) is 1. The van der Waals surface area contributed by atoms with E-state index in [4.69, 9.17) is 11.6 Å². The number of halogens is 1. The number of rotatable bonds is 3. The van der Waals surface area contributed by atoms with E-state index < -0.39 is 0 Å². The van der Waals surface area contributed by atoms with Crippen molar-refractivity contribution in [3.8, 4) is 0 Å². The van der Waals surface area contributed by atoms with Gasteiger partial charge in [-0.15, -0.1) is 0 Å². The maximum absolute atomic E-state index is 12.4. The first-order valence-corrected chi connectivity index (χ1v) is 8.72. The normalized spacial score (nSPS) is 11.0. The Morgan fingerprint density at radius 2 is 1.83 bits per heavy atom. The van der Waals surface area contributed by atoms with Gasteiger partial charge in [-0.2, -0.15) is 0 Å². The van der Waals surface area contributed by atoms with Gasteiger partial charge in [0.25, 0.3) is 0 Å². The first-order chi connectivity index (χ1) is 11.7. The van der Waals surface area contributed by atoms with E-state index in [-0.39, 0.29) is 5.91 Å². The van der Waals surface area contributed by atoms with Gasteiger partial charge in [-0.05, 0) is 28.5 Å². The number of para-hydroxylation sites is 1. The van der Waals surface area contributed by atoms with Gasteiger partial charge < -0.3 is 5.32 Å². The third-order valence-corrected chi connectivity index (χ3v) is 5.09. The van der Waals surface area contributed by atoms with Crippen molar-refractivity contribution >= 4 is 55.0 Å². The van der Waals surface area contributed by atoms with Crippen LogP contribution in [0.2, 0.25) is 5.02 Å². The molecule has 0 aliphatic heterocycles. The maximum Gasteiger partial charge on any atom is 0.230 e. The molecule has 0 aliphatic rings. The Balaban J connectivity index is 1.58. The van der Waals surface area contributed by atoms with Gasteiger partial charge in [0, 0.05) is 0 Å². The van der Waals surface area contributed by atoms with Crippen LogP contribution >= 0.6 is 22.9 Å². The predicted octanol–water partition coefficient (Wildman–Crippen LogP) is 5.28. The maximum atomic E-state index is 12.4. The van der Waals surface area contributed by atoms with E-state index in [2.05, 4.69) is 10.3 Å². The van der Waals surface area contributed by atoms with E-state index in [1.807, 2.05) is 54.6 Å². The summed E-state index contributed by atoms with van der Waals surface area (Å²) in [6, 6.07) is 19.7. The minimum Gasteiger partial charge on any atom is -0.302 e. The van der Waals surface area contributed by atoms with Crippen LogP contribution in [0, 0.1) is 0 Å². The van der Waals surface area contributed by atoms with Crippen LogP contribution in [0.4, 0.5) is 5.13 Å². The summed E-state index contributed by atoms with van der Waals surface area (Å²) >= 11 is 7.56. The predicted molar refractivity (Wildman–Crippen MR) is 101 cm³/mol. The van der Waals surface area contributed by atoms with Crippen LogP contribution in [0.15, 0.2) is 60.7 Å². The average Bonchev–Trinajstić information content (AvgIpc) is 2.99. The summed E-state index contributed by atoms with van der Waals surface area (Å²) in [6.45, 7) is 0. The highest BCUT2D eigenvalue weighted by molar-refractivity contribution is 7.22. The molecule has 0 saturated heterocycles. The highest BCUT2D eigenvalue weighted by atomic mass is 35.5. The summed E-state index contributed by atoms with van der Waals surface area (Å²) < 4.78 is 0.961. The van der Waals surface area contributed by atoms with Crippen LogP contribution in [0.25, 0.3) is 21.0 Å². The Hall–Kier alpha value is -2.43. The Kier molecular flexibility index (Phi) is 3.92. The number of hydrogen-bond donors (Lipinski definition) is 1. The molecular weight excluding hydrogens is 340 g/mol. The van der Waals surface area contributed by atoms with Crippen molar-refractivity contribution < 1.29 is 4.79 Å². The summed E-state index contributed by atoms with van der Waals surface area (Å²) in [6.07, 6.45) is 0.311. The molecule has 24 heavy (non-hydrogen) atoms. The van der Waals surface area contributed by atoms with Gasteiger partial charge in [-0.25, -0.2) is 4.98 Å². The fraction of sp³-hybridized carbons (Fsp3) is 0.0526. The summed E-state index contributed by atoms with van der Waals surface area (Å²) in [4.78, 5) is 16.8. The van der Waals surface area contributed by atoms with Crippen LogP contribution < -0.4 is 5.32 Å². The quantitative estimate of drug-likeness (QED) is 0.544. The van der Waals surface area contributed by atoms with Crippen molar-refractivity contribution in [3.05, 3.63) is 71.2 Å². The molecule has 1 heterocycles. The molecule has 4 rings (SSSR count). The Morgan fingerprint density at radius 1 is 1.04 bits per heavy atom. The molecule has 0 spiro atoms. The SMILES string of the molecule is O=C(Cc1cccc2ccccc12)Nc1nc2c(Cl)cccc2s1. The molecule has 1 aromatic heterocycles. The zero-order valence-corrected chi connectivity index (χ0v) is 14.2. The molecular formula is C19H13ClN2OS. The fourth-order valence-corrected chi connectivity index (χ4v) is 3.93. The van der Waals surface area contributed by atoms with Gasteiger partial charge in [0.1, 0.15) is 5.52 Å². The van der Waals surface area contributed by atoms with E-state index >= 15 is 0 Å². The second-order valence-electron chi connectivity index (χ2n) is 5.47. The zero-order chi connectivity index (χ0) is 16.5. The molecule has 0 aliphatic carbocycles. The number of nitrogens with one attached hydrogen (secondary N) is 1. The van der Waals surface area contributed by atoms with Gasteiger partial charge in [-0.3, -0.25) is 4.79 Å². The smallest absolute Gasteiger partial charge is 0.230 e. The van der Waals surface area contributed by atoms with Crippen LogP contribution in [0.5, 0.6) is 0 Å². The molecule has 1 amide bonds. The number of anilines is 1. The van der Waals surface area contributed by atoms with Crippen LogP contribution in [-0.2, 0) is 11.2 Å². The molecule has 3 aromatic carbocycles. The third-order valence-electron chi connectivity index (χ3n) is 3.85. The Morgan fingerprint density at radius 3 is 2.71 bits per heavy atom. The molecule has 3 nitrogen and oxygen atoms in total. The largest absolute Gasteiger partial charge is 0.302 e. The van der Waals surface area contributed by atoms with Crippen molar-refractivity contribution in [3.63, 3.8) is 0 Å². The van der Waals surface area contributed by atoms with E-state index in [0.717, 1.165) is 26.6 Å². The molecule has 5 heteroatoms. The molecule has 0 atom stereocenters. The van der Waals surface area contributed by atoms with Gasteiger partial charge in [0.05, 0.1) is 16.1 Å². The highest BCUT2D eigenvalue weighted by Crippen LogP contribution is 2.30. The molecule has 0 unspecified atom stereocenters. The number of carbonyl (C=O) groups is 1. The average molecular weight is 353 g/mol. The standard InChI is InChI=1S/C19H13ClN2OS/c20-15-9-4-10-16-18(15)22-19(24-16)21-17(23)11-13-7-3-6-12-5-1-2-8-14(12)13/h1-10H,11H2,(H,21,22,23). The van der Waals surface area contributed by atoms with Gasteiger partial charge in [0.2, 0.25) is 5.91 Å². The highest BCUT2D eigenvalue weighted by Gasteiger charge is 2.11. The first kappa shape index (κ1) is 15.1. The van der Waals surface area contributed by atoms with Crippen LogP contribution in [-0.4, -0.2) is 10.9 Å². The summed E-state index contributed by atoms with van der Waals surface area (Å²) in [5.41, 5.74) is 1.73. The summed E-state index contributed by atoms with van der Waals surface area (Å²) in [7, 11) is 0. The lowest BCUT2D eigenvalue weighted by molar-refractivity contribution is -0.115. The fourth-order valence-electron chi connectivity index (χ4n) is 2.75. The number of aromatic nitrogens is 1. The molecule has 4 aromatic rings. The Labute approximate surface area is 147 Å². The molecule has 118 valence electrons. The van der Waals surface area contributed by atoms with Crippen LogP contribution in [0.1, 0.15) is 5.56 Å². The minimum atomic E-state index is -0.0819.